The number of thiophene rings is 1. The molecule has 0 aliphatic rings. The fourth-order valence-electron chi connectivity index (χ4n) is 1.08. The van der Waals surface area contributed by atoms with Gasteiger partial charge in [0.05, 0.1) is 0 Å². The summed E-state index contributed by atoms with van der Waals surface area (Å²) < 4.78 is 18.2. The van der Waals surface area contributed by atoms with Crippen LogP contribution in [0.4, 0.5) is 4.39 Å². The van der Waals surface area contributed by atoms with Gasteiger partial charge in [-0.05, 0) is 24.3 Å². The second kappa shape index (κ2) is 4.11. The molecule has 0 aliphatic carbocycles. The van der Waals surface area contributed by atoms with Crippen LogP contribution in [0.15, 0.2) is 36.4 Å². The van der Waals surface area contributed by atoms with Gasteiger partial charge >= 0.3 is 0 Å². The van der Waals surface area contributed by atoms with Crippen LogP contribution in [0.3, 0.4) is 0 Å². The van der Waals surface area contributed by atoms with Crippen LogP contribution in [-0.4, -0.2) is 0 Å². The lowest BCUT2D eigenvalue weighted by molar-refractivity contribution is 0.490. The largest absolute Gasteiger partial charge is 0.447 e. The first-order valence-electron chi connectivity index (χ1n) is 4.21. The highest BCUT2D eigenvalue weighted by atomic mass is 32.1. The SMILES string of the molecule is N#Cc1ccc(Oc2cccc(F)c2)s1. The van der Waals surface area contributed by atoms with Gasteiger partial charge in [0.15, 0.2) is 5.06 Å². The van der Waals surface area contributed by atoms with E-state index in [1.165, 1.54) is 23.5 Å². The maximum atomic E-state index is 12.8. The standard InChI is InChI=1S/C11H6FNOS/c12-8-2-1-3-9(6-8)14-11-5-4-10(7-13)15-11/h1-6H. The molecular formula is C11H6FNOS. The second-order valence-corrected chi connectivity index (χ2v) is 3.84. The molecule has 2 rings (SSSR count). The zero-order chi connectivity index (χ0) is 10.7. The molecule has 0 saturated carbocycles. The van der Waals surface area contributed by atoms with Crippen LogP contribution in [0, 0.1) is 17.1 Å². The normalized spacial score (nSPS) is 9.60. The average molecular weight is 219 g/mol. The molecule has 1 heterocycles. The van der Waals surface area contributed by atoms with Gasteiger partial charge in [-0.25, -0.2) is 4.39 Å². The smallest absolute Gasteiger partial charge is 0.182 e. The van der Waals surface area contributed by atoms with Crippen molar-refractivity contribution in [3.8, 4) is 16.9 Å². The van der Waals surface area contributed by atoms with Crippen molar-refractivity contribution in [2.75, 3.05) is 0 Å². The molecule has 0 radical (unpaired) electrons. The summed E-state index contributed by atoms with van der Waals surface area (Å²) in [4.78, 5) is 0.571. The van der Waals surface area contributed by atoms with Crippen LogP contribution in [-0.2, 0) is 0 Å². The van der Waals surface area contributed by atoms with Gasteiger partial charge in [0, 0.05) is 6.07 Å². The number of halogens is 1. The third-order valence-corrected chi connectivity index (χ3v) is 2.57. The van der Waals surface area contributed by atoms with Crippen LogP contribution in [0.2, 0.25) is 0 Å². The Balaban J connectivity index is 2.19. The van der Waals surface area contributed by atoms with E-state index in [4.69, 9.17) is 10.00 Å². The Bertz CT molecular complexity index is 515. The molecule has 0 atom stereocenters. The first-order chi connectivity index (χ1) is 7.28. The minimum Gasteiger partial charge on any atom is -0.447 e. The Hall–Kier alpha value is -1.86. The van der Waals surface area contributed by atoms with Gasteiger partial charge in [0.2, 0.25) is 0 Å². The summed E-state index contributed by atoms with van der Waals surface area (Å²) in [6.07, 6.45) is 0. The predicted molar refractivity (Wildman–Crippen MR) is 55.5 cm³/mol. The fraction of sp³-hybridized carbons (Fsp3) is 0. The van der Waals surface area contributed by atoms with Crippen molar-refractivity contribution in [3.05, 3.63) is 47.1 Å². The molecule has 1 aromatic carbocycles. The van der Waals surface area contributed by atoms with Crippen LogP contribution in [0.1, 0.15) is 4.88 Å². The van der Waals surface area contributed by atoms with E-state index in [2.05, 4.69) is 0 Å². The number of hydrogen-bond donors (Lipinski definition) is 0. The highest BCUT2D eigenvalue weighted by Crippen LogP contribution is 2.29. The van der Waals surface area contributed by atoms with Crippen molar-refractivity contribution in [2.45, 2.75) is 0 Å². The summed E-state index contributed by atoms with van der Waals surface area (Å²) in [5, 5.41) is 9.19. The molecule has 0 unspecified atom stereocenters. The minimum absolute atomic E-state index is 0.343. The van der Waals surface area contributed by atoms with E-state index < -0.39 is 0 Å². The van der Waals surface area contributed by atoms with Gasteiger partial charge in [0.25, 0.3) is 0 Å². The van der Waals surface area contributed by atoms with Gasteiger partial charge in [-0.1, -0.05) is 17.4 Å². The molecular weight excluding hydrogens is 213 g/mol. The third-order valence-electron chi connectivity index (χ3n) is 1.71. The Kier molecular flexibility index (Phi) is 2.66. The van der Waals surface area contributed by atoms with E-state index in [9.17, 15) is 4.39 Å². The molecule has 2 nitrogen and oxygen atoms in total. The van der Waals surface area contributed by atoms with Crippen molar-refractivity contribution in [3.63, 3.8) is 0 Å². The van der Waals surface area contributed by atoms with Crippen molar-refractivity contribution in [1.29, 1.82) is 5.26 Å². The van der Waals surface area contributed by atoms with Crippen LogP contribution < -0.4 is 4.74 Å². The van der Waals surface area contributed by atoms with Gasteiger partial charge in [-0.2, -0.15) is 5.26 Å². The summed E-state index contributed by atoms with van der Waals surface area (Å²) in [5.74, 6) is 0.0888. The Labute approximate surface area is 90.2 Å². The van der Waals surface area contributed by atoms with Crippen molar-refractivity contribution < 1.29 is 9.13 Å². The lowest BCUT2D eigenvalue weighted by Crippen LogP contribution is -1.81. The highest BCUT2D eigenvalue weighted by Gasteiger charge is 2.02. The zero-order valence-electron chi connectivity index (χ0n) is 7.61. The summed E-state index contributed by atoms with van der Waals surface area (Å²) in [7, 11) is 0. The van der Waals surface area contributed by atoms with Gasteiger partial charge in [0.1, 0.15) is 22.5 Å². The van der Waals surface area contributed by atoms with E-state index in [1.807, 2.05) is 6.07 Å². The van der Waals surface area contributed by atoms with Gasteiger partial charge in [-0.3, -0.25) is 0 Å². The maximum absolute atomic E-state index is 12.8. The molecule has 0 bridgehead atoms. The zero-order valence-corrected chi connectivity index (χ0v) is 8.42. The molecule has 2 aromatic rings. The Morgan fingerprint density at radius 3 is 2.80 bits per heavy atom. The number of benzene rings is 1. The highest BCUT2D eigenvalue weighted by molar-refractivity contribution is 7.14. The molecule has 0 aliphatic heterocycles. The summed E-state index contributed by atoms with van der Waals surface area (Å²) in [5.41, 5.74) is 0. The number of hydrogen-bond acceptors (Lipinski definition) is 3. The van der Waals surface area contributed by atoms with E-state index in [0.29, 0.717) is 15.7 Å². The molecule has 0 N–H and O–H groups in total. The second-order valence-electron chi connectivity index (χ2n) is 2.79. The van der Waals surface area contributed by atoms with Gasteiger partial charge in [-0.15, -0.1) is 0 Å². The third kappa shape index (κ3) is 2.33. The molecule has 4 heteroatoms. The predicted octanol–water partition coefficient (Wildman–Crippen LogP) is 3.55. The summed E-state index contributed by atoms with van der Waals surface area (Å²) in [6, 6.07) is 11.2. The minimum atomic E-state index is -0.343. The quantitative estimate of drug-likeness (QED) is 0.773. The summed E-state index contributed by atoms with van der Waals surface area (Å²) in [6.45, 7) is 0. The van der Waals surface area contributed by atoms with Crippen LogP contribution >= 0.6 is 11.3 Å². The number of ether oxygens (including phenoxy) is 1. The monoisotopic (exact) mass is 219 g/mol. The lowest BCUT2D eigenvalue weighted by atomic mass is 10.3. The molecule has 0 spiro atoms. The van der Waals surface area contributed by atoms with E-state index in [-0.39, 0.29) is 5.82 Å². The number of rotatable bonds is 2. The number of nitriles is 1. The fourth-order valence-corrected chi connectivity index (χ4v) is 1.75. The first kappa shape index (κ1) is 9.69. The topological polar surface area (TPSA) is 33.0 Å². The molecule has 1 aromatic heterocycles. The molecule has 0 amide bonds. The maximum Gasteiger partial charge on any atom is 0.182 e. The summed E-state index contributed by atoms with van der Waals surface area (Å²) >= 11 is 1.23. The van der Waals surface area contributed by atoms with Crippen molar-refractivity contribution in [2.24, 2.45) is 0 Å². The van der Waals surface area contributed by atoms with E-state index in [0.717, 1.165) is 0 Å². The van der Waals surface area contributed by atoms with E-state index >= 15 is 0 Å². The van der Waals surface area contributed by atoms with Crippen molar-refractivity contribution >= 4 is 11.3 Å². The molecule has 0 saturated heterocycles. The molecule has 0 fully saturated rings. The van der Waals surface area contributed by atoms with Crippen molar-refractivity contribution in [1.82, 2.24) is 0 Å². The number of nitrogens with zero attached hydrogens (tertiary/aromatic N) is 1. The average Bonchev–Trinajstić information content (AvgIpc) is 2.65. The lowest BCUT2D eigenvalue weighted by Gasteiger charge is -2.01. The van der Waals surface area contributed by atoms with Gasteiger partial charge < -0.3 is 4.74 Å². The van der Waals surface area contributed by atoms with E-state index in [1.54, 1.807) is 24.3 Å². The first-order valence-corrected chi connectivity index (χ1v) is 5.03. The Morgan fingerprint density at radius 2 is 2.13 bits per heavy atom. The molecule has 74 valence electrons. The van der Waals surface area contributed by atoms with Crippen LogP contribution in [0.25, 0.3) is 0 Å². The molecule has 15 heavy (non-hydrogen) atoms. The Morgan fingerprint density at radius 1 is 1.27 bits per heavy atom. The van der Waals surface area contributed by atoms with Crippen LogP contribution in [0.5, 0.6) is 10.8 Å².